The standard InChI is InChI=1S/C21H13NO/c22-14-23-20-13-12-16-7-2-4-10-18(16)21(20)19-11-5-8-15-6-1-3-9-17(15)19/h1-13H. The zero-order valence-corrected chi connectivity index (χ0v) is 12.4. The third-order valence-corrected chi connectivity index (χ3v) is 4.11. The maximum absolute atomic E-state index is 9.00. The molecule has 0 spiro atoms. The van der Waals surface area contributed by atoms with Crippen LogP contribution in [0.1, 0.15) is 0 Å². The first kappa shape index (κ1) is 13.4. The van der Waals surface area contributed by atoms with Crippen molar-refractivity contribution >= 4 is 21.5 Å². The largest absolute Gasteiger partial charge is 0.387 e. The second kappa shape index (κ2) is 5.47. The molecule has 0 aliphatic heterocycles. The van der Waals surface area contributed by atoms with E-state index < -0.39 is 0 Å². The predicted octanol–water partition coefficient (Wildman–Crippen LogP) is 5.52. The molecule has 0 heterocycles. The summed E-state index contributed by atoms with van der Waals surface area (Å²) in [4.78, 5) is 0. The van der Waals surface area contributed by atoms with Crippen LogP contribution in [-0.2, 0) is 0 Å². The fourth-order valence-electron chi connectivity index (χ4n) is 3.11. The van der Waals surface area contributed by atoms with Gasteiger partial charge in [-0.15, -0.1) is 5.26 Å². The van der Waals surface area contributed by atoms with E-state index in [9.17, 15) is 0 Å². The Balaban J connectivity index is 2.15. The summed E-state index contributed by atoms with van der Waals surface area (Å²) < 4.78 is 5.25. The molecule has 0 N–H and O–H groups in total. The van der Waals surface area contributed by atoms with Gasteiger partial charge in [-0.25, -0.2) is 0 Å². The van der Waals surface area contributed by atoms with Crippen molar-refractivity contribution < 1.29 is 4.74 Å². The highest BCUT2D eigenvalue weighted by atomic mass is 16.5. The van der Waals surface area contributed by atoms with Crippen molar-refractivity contribution in [2.75, 3.05) is 0 Å². The van der Waals surface area contributed by atoms with Crippen LogP contribution in [0.25, 0.3) is 32.7 Å². The molecule has 0 aliphatic carbocycles. The maximum atomic E-state index is 9.00. The van der Waals surface area contributed by atoms with Crippen LogP contribution in [-0.4, -0.2) is 0 Å². The van der Waals surface area contributed by atoms with Crippen LogP contribution in [0.3, 0.4) is 0 Å². The van der Waals surface area contributed by atoms with Crippen molar-refractivity contribution in [1.82, 2.24) is 0 Å². The van der Waals surface area contributed by atoms with Crippen LogP contribution in [0.4, 0.5) is 0 Å². The lowest BCUT2D eigenvalue weighted by Gasteiger charge is -2.13. The van der Waals surface area contributed by atoms with Crippen LogP contribution in [0.2, 0.25) is 0 Å². The Morgan fingerprint density at radius 3 is 2.09 bits per heavy atom. The Hall–Kier alpha value is -3.31. The van der Waals surface area contributed by atoms with Crippen LogP contribution in [0, 0.1) is 11.5 Å². The lowest BCUT2D eigenvalue weighted by molar-refractivity contribution is 0.510. The number of hydrogen-bond donors (Lipinski definition) is 0. The minimum absolute atomic E-state index is 0.586. The van der Waals surface area contributed by atoms with Gasteiger partial charge in [0, 0.05) is 5.56 Å². The summed E-state index contributed by atoms with van der Waals surface area (Å²) >= 11 is 0. The summed E-state index contributed by atoms with van der Waals surface area (Å²) in [6.45, 7) is 0. The van der Waals surface area contributed by atoms with E-state index in [0.29, 0.717) is 5.75 Å². The molecule has 0 radical (unpaired) electrons. The molecular formula is C21H13NO. The van der Waals surface area contributed by atoms with E-state index in [-0.39, 0.29) is 0 Å². The van der Waals surface area contributed by atoms with E-state index in [2.05, 4.69) is 36.4 Å². The molecule has 0 aliphatic rings. The molecule has 2 nitrogen and oxygen atoms in total. The molecule has 0 aromatic heterocycles. The van der Waals surface area contributed by atoms with Gasteiger partial charge in [-0.2, -0.15) is 0 Å². The summed E-state index contributed by atoms with van der Waals surface area (Å²) in [5, 5.41) is 13.5. The highest BCUT2D eigenvalue weighted by molar-refractivity contribution is 6.07. The third kappa shape index (κ3) is 2.20. The number of fused-ring (bicyclic) bond motifs is 2. The van der Waals surface area contributed by atoms with Gasteiger partial charge in [0.25, 0.3) is 6.26 Å². The molecule has 2 heteroatoms. The van der Waals surface area contributed by atoms with E-state index in [1.54, 1.807) is 6.26 Å². The Kier molecular flexibility index (Phi) is 3.18. The van der Waals surface area contributed by atoms with Crippen molar-refractivity contribution in [2.24, 2.45) is 0 Å². The molecule has 0 saturated carbocycles. The minimum Gasteiger partial charge on any atom is -0.387 e. The second-order valence-corrected chi connectivity index (χ2v) is 5.38. The van der Waals surface area contributed by atoms with Crippen LogP contribution >= 0.6 is 0 Å². The van der Waals surface area contributed by atoms with Crippen molar-refractivity contribution in [3.8, 4) is 23.1 Å². The fraction of sp³-hybridized carbons (Fsp3) is 0. The third-order valence-electron chi connectivity index (χ3n) is 4.11. The summed E-state index contributed by atoms with van der Waals surface area (Å²) in [6.07, 6.45) is 1.81. The summed E-state index contributed by atoms with van der Waals surface area (Å²) in [7, 11) is 0. The van der Waals surface area contributed by atoms with Gasteiger partial charge in [-0.3, -0.25) is 0 Å². The number of nitrogens with zero attached hydrogens (tertiary/aromatic N) is 1. The summed E-state index contributed by atoms with van der Waals surface area (Å²) in [6, 6.07) is 26.5. The van der Waals surface area contributed by atoms with E-state index in [1.165, 1.54) is 5.39 Å². The van der Waals surface area contributed by atoms with Gasteiger partial charge >= 0.3 is 0 Å². The molecule has 0 saturated heterocycles. The molecule has 4 rings (SSSR count). The minimum atomic E-state index is 0.586. The van der Waals surface area contributed by atoms with Crippen molar-refractivity contribution in [3.05, 3.63) is 78.9 Å². The lowest BCUT2D eigenvalue weighted by Crippen LogP contribution is -1.90. The molecule has 0 unspecified atom stereocenters. The van der Waals surface area contributed by atoms with Gasteiger partial charge in [0.2, 0.25) is 0 Å². The van der Waals surface area contributed by atoms with Gasteiger partial charge in [0.15, 0.2) is 5.75 Å². The topological polar surface area (TPSA) is 33.0 Å². The molecule has 108 valence electrons. The van der Waals surface area contributed by atoms with Gasteiger partial charge in [0.1, 0.15) is 0 Å². The predicted molar refractivity (Wildman–Crippen MR) is 93.1 cm³/mol. The molecule has 0 amide bonds. The molecule has 0 atom stereocenters. The lowest BCUT2D eigenvalue weighted by atomic mass is 9.93. The highest BCUT2D eigenvalue weighted by Gasteiger charge is 2.13. The summed E-state index contributed by atoms with van der Waals surface area (Å²) in [5.74, 6) is 0.586. The average Bonchev–Trinajstić information content (AvgIpc) is 2.61. The SMILES string of the molecule is N#COc1ccc2ccccc2c1-c1cccc2ccccc12. The van der Waals surface area contributed by atoms with E-state index >= 15 is 0 Å². The zero-order chi connectivity index (χ0) is 15.6. The smallest absolute Gasteiger partial charge is 0.292 e. The summed E-state index contributed by atoms with van der Waals surface area (Å²) in [5.41, 5.74) is 2.03. The van der Waals surface area contributed by atoms with Crippen LogP contribution in [0.15, 0.2) is 78.9 Å². The molecule has 4 aromatic carbocycles. The number of rotatable bonds is 2. The highest BCUT2D eigenvalue weighted by Crippen LogP contribution is 2.40. The van der Waals surface area contributed by atoms with Crippen molar-refractivity contribution in [3.63, 3.8) is 0 Å². The average molecular weight is 295 g/mol. The van der Waals surface area contributed by atoms with Crippen molar-refractivity contribution in [1.29, 1.82) is 5.26 Å². The van der Waals surface area contributed by atoms with Crippen LogP contribution < -0.4 is 4.74 Å². The number of hydrogen-bond acceptors (Lipinski definition) is 2. The first-order valence-corrected chi connectivity index (χ1v) is 7.44. The molecule has 0 fully saturated rings. The fourth-order valence-corrected chi connectivity index (χ4v) is 3.11. The van der Waals surface area contributed by atoms with Gasteiger partial charge < -0.3 is 4.74 Å². The van der Waals surface area contributed by atoms with Gasteiger partial charge in [-0.05, 0) is 33.2 Å². The van der Waals surface area contributed by atoms with Gasteiger partial charge in [-0.1, -0.05) is 72.8 Å². The second-order valence-electron chi connectivity index (χ2n) is 5.38. The molecule has 23 heavy (non-hydrogen) atoms. The molecule has 0 bridgehead atoms. The normalized spacial score (nSPS) is 10.6. The molecular weight excluding hydrogens is 282 g/mol. The van der Waals surface area contributed by atoms with Crippen LogP contribution in [0.5, 0.6) is 5.75 Å². The first-order chi connectivity index (χ1) is 11.4. The maximum Gasteiger partial charge on any atom is 0.292 e. The quantitative estimate of drug-likeness (QED) is 0.456. The van der Waals surface area contributed by atoms with E-state index in [4.69, 9.17) is 10.00 Å². The van der Waals surface area contributed by atoms with E-state index in [1.807, 2.05) is 42.5 Å². The number of nitriles is 1. The number of benzene rings is 4. The molecule has 4 aromatic rings. The first-order valence-electron chi connectivity index (χ1n) is 7.44. The zero-order valence-electron chi connectivity index (χ0n) is 12.4. The Morgan fingerprint density at radius 1 is 0.652 bits per heavy atom. The van der Waals surface area contributed by atoms with Gasteiger partial charge in [0.05, 0.1) is 0 Å². The monoisotopic (exact) mass is 295 g/mol. The van der Waals surface area contributed by atoms with Crippen molar-refractivity contribution in [2.45, 2.75) is 0 Å². The Labute approximate surface area is 134 Å². The number of ether oxygens (including phenoxy) is 1. The Bertz CT molecular complexity index is 1050. The Morgan fingerprint density at radius 2 is 1.30 bits per heavy atom. The van der Waals surface area contributed by atoms with E-state index in [0.717, 1.165) is 27.3 Å².